The van der Waals surface area contributed by atoms with Gasteiger partial charge in [-0.1, -0.05) is 6.92 Å². The third-order valence-corrected chi connectivity index (χ3v) is 7.08. The number of piperidine rings is 1. The van der Waals surface area contributed by atoms with Gasteiger partial charge in [0.15, 0.2) is 0 Å². The van der Waals surface area contributed by atoms with Gasteiger partial charge in [0.05, 0.1) is 11.5 Å². The van der Waals surface area contributed by atoms with Crippen molar-refractivity contribution in [1.82, 2.24) is 15.1 Å². The van der Waals surface area contributed by atoms with Gasteiger partial charge in [-0.2, -0.15) is 5.26 Å². The van der Waals surface area contributed by atoms with Crippen LogP contribution in [0.25, 0.3) is 0 Å². The van der Waals surface area contributed by atoms with Crippen LogP contribution in [0.4, 0.5) is 9.80 Å². The van der Waals surface area contributed by atoms with Gasteiger partial charge in [0.25, 0.3) is 0 Å². The van der Waals surface area contributed by atoms with Crippen LogP contribution in [0.2, 0.25) is 0 Å². The zero-order valence-corrected chi connectivity index (χ0v) is 17.6. The number of amides is 3. The second-order valence-electron chi connectivity index (χ2n) is 7.78. The molecule has 2 aliphatic rings. The number of carbonyl (C=O) groups is 2. The Labute approximate surface area is 170 Å². The lowest BCUT2D eigenvalue weighted by Crippen LogP contribution is -2.55. The molecule has 1 aromatic heterocycles. The van der Waals surface area contributed by atoms with Crippen molar-refractivity contribution in [3.05, 3.63) is 16.0 Å². The number of nitrogens with one attached hydrogen (secondary N) is 1. The normalized spacial score (nSPS) is 24.0. The van der Waals surface area contributed by atoms with E-state index in [-0.39, 0.29) is 17.9 Å². The summed E-state index contributed by atoms with van der Waals surface area (Å²) in [4.78, 5) is 30.3. The minimum Gasteiger partial charge on any atom is -0.389 e. The molecule has 1 aliphatic heterocycles. The molecule has 8 heteroatoms. The van der Waals surface area contributed by atoms with Gasteiger partial charge < -0.3 is 16.0 Å². The first-order valence-corrected chi connectivity index (χ1v) is 10.8. The number of carbonyl (C=O) groups excluding carboxylic acids is 2. The van der Waals surface area contributed by atoms with E-state index in [1.807, 2.05) is 13.8 Å². The predicted octanol–water partition coefficient (Wildman–Crippen LogP) is 2.21. The highest BCUT2D eigenvalue weighted by atomic mass is 32.1. The molecule has 0 saturated carbocycles. The SMILES string of the molecule is CCCNC(=O)N(CC)C(=O)[C@@H]1C[C@@H]2Cc3c(sc(N)c3C#N)C[C@H]2N(C)C1. The van der Waals surface area contributed by atoms with Crippen molar-refractivity contribution in [2.45, 2.75) is 45.6 Å². The fourth-order valence-corrected chi connectivity index (χ4v) is 5.70. The number of nitrogens with zero attached hydrogens (tertiary/aromatic N) is 3. The summed E-state index contributed by atoms with van der Waals surface area (Å²) in [6, 6.07) is 2.30. The molecule has 3 rings (SSSR count). The Kier molecular flexibility index (Phi) is 6.26. The number of fused-ring (bicyclic) bond motifs is 2. The lowest BCUT2D eigenvalue weighted by Gasteiger charge is -2.45. The summed E-state index contributed by atoms with van der Waals surface area (Å²) >= 11 is 1.53. The molecule has 28 heavy (non-hydrogen) atoms. The van der Waals surface area contributed by atoms with Crippen molar-refractivity contribution in [1.29, 1.82) is 5.26 Å². The quantitative estimate of drug-likeness (QED) is 0.802. The summed E-state index contributed by atoms with van der Waals surface area (Å²) < 4.78 is 0. The summed E-state index contributed by atoms with van der Waals surface area (Å²) in [5.74, 6) is -0.0158. The van der Waals surface area contributed by atoms with Crippen molar-refractivity contribution >= 4 is 28.3 Å². The molecule has 152 valence electrons. The van der Waals surface area contributed by atoms with E-state index in [1.54, 1.807) is 0 Å². The number of thiophene rings is 1. The molecule has 0 bridgehead atoms. The van der Waals surface area contributed by atoms with E-state index in [2.05, 4.69) is 23.3 Å². The fourth-order valence-electron chi connectivity index (χ4n) is 4.60. The third kappa shape index (κ3) is 3.74. The zero-order valence-electron chi connectivity index (χ0n) is 16.8. The van der Waals surface area contributed by atoms with Crippen LogP contribution in [0, 0.1) is 23.2 Å². The van der Waals surface area contributed by atoms with Crippen LogP contribution in [-0.2, 0) is 17.6 Å². The van der Waals surface area contributed by atoms with Crippen molar-refractivity contribution in [2.75, 3.05) is 32.4 Å². The number of nitrogen functional groups attached to an aromatic ring is 1. The average Bonchev–Trinajstić information content (AvgIpc) is 2.99. The van der Waals surface area contributed by atoms with Crippen LogP contribution in [-0.4, -0.2) is 54.5 Å². The number of likely N-dealkylation sites (N-methyl/N-ethyl adjacent to an activating group) is 1. The zero-order chi connectivity index (χ0) is 20.4. The highest BCUT2D eigenvalue weighted by Crippen LogP contribution is 2.42. The van der Waals surface area contributed by atoms with Crippen molar-refractivity contribution in [3.63, 3.8) is 0 Å². The molecule has 7 nitrogen and oxygen atoms in total. The Bertz CT molecular complexity index is 799. The largest absolute Gasteiger partial charge is 0.389 e. The maximum atomic E-state index is 13.1. The first-order chi connectivity index (χ1) is 13.4. The lowest BCUT2D eigenvalue weighted by molar-refractivity contribution is -0.135. The van der Waals surface area contributed by atoms with Crippen molar-refractivity contribution in [2.24, 2.45) is 11.8 Å². The number of likely N-dealkylation sites (tertiary alicyclic amines) is 1. The summed E-state index contributed by atoms with van der Waals surface area (Å²) in [6.45, 7) is 5.40. The highest BCUT2D eigenvalue weighted by molar-refractivity contribution is 7.16. The number of rotatable bonds is 4. The smallest absolute Gasteiger partial charge is 0.324 e. The standard InChI is InChI=1S/C20H29N5O2S/c1-4-6-23-20(27)25(5-2)19(26)13-7-12-8-14-15(10-21)18(22)28-17(14)9-16(12)24(3)11-13/h12-13,16H,4-9,11,22H2,1-3H3,(H,23,27)/t12-,13-,16-/m1/s1. The van der Waals surface area contributed by atoms with E-state index in [4.69, 9.17) is 5.73 Å². The van der Waals surface area contributed by atoms with Gasteiger partial charge in [0, 0.05) is 30.6 Å². The van der Waals surface area contributed by atoms with Gasteiger partial charge in [-0.25, -0.2) is 4.79 Å². The van der Waals surface area contributed by atoms with E-state index < -0.39 is 0 Å². The average molecular weight is 404 g/mol. The molecule has 1 fully saturated rings. The Hall–Kier alpha value is -2.11. The molecule has 3 atom stereocenters. The number of urea groups is 1. The number of hydrogen-bond acceptors (Lipinski definition) is 6. The van der Waals surface area contributed by atoms with Gasteiger partial charge in [-0.15, -0.1) is 11.3 Å². The summed E-state index contributed by atoms with van der Waals surface area (Å²) in [5, 5.41) is 12.9. The molecule has 1 aromatic rings. The van der Waals surface area contributed by atoms with Crippen LogP contribution in [0.1, 0.15) is 42.7 Å². The molecule has 0 aromatic carbocycles. The van der Waals surface area contributed by atoms with Crippen molar-refractivity contribution < 1.29 is 9.59 Å². The van der Waals surface area contributed by atoms with Gasteiger partial charge in [0.1, 0.15) is 11.1 Å². The van der Waals surface area contributed by atoms with Gasteiger partial charge in [0.2, 0.25) is 5.91 Å². The first-order valence-electron chi connectivity index (χ1n) is 10.0. The molecular weight excluding hydrogens is 374 g/mol. The maximum absolute atomic E-state index is 13.1. The second-order valence-corrected chi connectivity index (χ2v) is 8.91. The van der Waals surface area contributed by atoms with Crippen LogP contribution >= 0.6 is 11.3 Å². The van der Waals surface area contributed by atoms with Crippen LogP contribution in [0.15, 0.2) is 0 Å². The number of hydrogen-bond donors (Lipinski definition) is 2. The Morgan fingerprint density at radius 2 is 2.14 bits per heavy atom. The maximum Gasteiger partial charge on any atom is 0.324 e. The molecule has 3 N–H and O–H groups in total. The van der Waals surface area contributed by atoms with E-state index >= 15 is 0 Å². The minimum absolute atomic E-state index is 0.0995. The molecule has 3 amide bonds. The Morgan fingerprint density at radius 1 is 1.39 bits per heavy atom. The van der Waals surface area contributed by atoms with E-state index in [9.17, 15) is 14.9 Å². The summed E-state index contributed by atoms with van der Waals surface area (Å²) in [5.41, 5.74) is 7.72. The summed E-state index contributed by atoms with van der Waals surface area (Å²) in [7, 11) is 2.05. The van der Waals surface area contributed by atoms with Crippen LogP contribution in [0.5, 0.6) is 0 Å². The number of nitrogens with two attached hydrogens (primary N) is 1. The predicted molar refractivity (Wildman–Crippen MR) is 110 cm³/mol. The third-order valence-electron chi connectivity index (χ3n) is 6.00. The molecule has 1 aliphatic carbocycles. The van der Waals surface area contributed by atoms with Gasteiger partial charge in [-0.05, 0) is 51.1 Å². The monoisotopic (exact) mass is 403 g/mol. The van der Waals surface area contributed by atoms with Crippen LogP contribution < -0.4 is 11.1 Å². The lowest BCUT2D eigenvalue weighted by atomic mass is 9.74. The first kappa shape index (κ1) is 20.6. The van der Waals surface area contributed by atoms with E-state index in [0.29, 0.717) is 42.2 Å². The second kappa shape index (κ2) is 8.50. The number of imide groups is 1. The number of nitriles is 1. The van der Waals surface area contributed by atoms with E-state index in [0.717, 1.165) is 31.2 Å². The van der Waals surface area contributed by atoms with E-state index in [1.165, 1.54) is 21.1 Å². The highest BCUT2D eigenvalue weighted by Gasteiger charge is 2.42. The van der Waals surface area contributed by atoms with Gasteiger partial charge in [-0.3, -0.25) is 9.69 Å². The van der Waals surface area contributed by atoms with Crippen molar-refractivity contribution in [3.8, 4) is 6.07 Å². The molecule has 1 saturated heterocycles. The fraction of sp³-hybridized carbons (Fsp3) is 0.650. The molecule has 0 spiro atoms. The minimum atomic E-state index is -0.303. The summed E-state index contributed by atoms with van der Waals surface area (Å²) in [6.07, 6.45) is 3.23. The molecule has 0 unspecified atom stereocenters. The Balaban J connectivity index is 1.76. The Morgan fingerprint density at radius 3 is 2.79 bits per heavy atom. The molecule has 0 radical (unpaired) electrons. The molecule has 2 heterocycles. The topological polar surface area (TPSA) is 102 Å². The molecular formula is C20H29N5O2S. The number of anilines is 1. The van der Waals surface area contributed by atoms with Crippen LogP contribution in [0.3, 0.4) is 0 Å². The van der Waals surface area contributed by atoms with Gasteiger partial charge >= 0.3 is 6.03 Å².